The fourth-order valence-electron chi connectivity index (χ4n) is 2.79. The number of benzene rings is 2. The Labute approximate surface area is 125 Å². The number of rotatable bonds is 4. The van der Waals surface area contributed by atoms with Gasteiger partial charge in [-0.25, -0.2) is 0 Å². The molecule has 0 saturated carbocycles. The summed E-state index contributed by atoms with van der Waals surface area (Å²) in [5.74, 6) is 0. The highest BCUT2D eigenvalue weighted by atomic mass is 35.5. The summed E-state index contributed by atoms with van der Waals surface area (Å²) in [6, 6.07) is 16.6. The van der Waals surface area contributed by atoms with Crippen molar-refractivity contribution >= 4 is 11.6 Å². The van der Waals surface area contributed by atoms with Gasteiger partial charge in [-0.15, -0.1) is 0 Å². The standard InChI is InChI=1S/C17H19ClN2/c18-16-7-3-6-13(10-16)17(19)8-9-20-11-14-4-1-2-5-15(14)12-20/h1-7,10,17H,8-9,11-12,19H2. The van der Waals surface area contributed by atoms with Crippen molar-refractivity contribution in [1.82, 2.24) is 4.90 Å². The lowest BCUT2D eigenvalue weighted by Crippen LogP contribution is -2.22. The first kappa shape index (κ1) is 13.6. The number of hydrogen-bond donors (Lipinski definition) is 1. The van der Waals surface area contributed by atoms with Gasteiger partial charge in [0.15, 0.2) is 0 Å². The van der Waals surface area contributed by atoms with E-state index >= 15 is 0 Å². The molecule has 3 heteroatoms. The zero-order chi connectivity index (χ0) is 13.9. The van der Waals surface area contributed by atoms with Gasteiger partial charge in [-0.3, -0.25) is 4.90 Å². The number of nitrogens with zero attached hydrogens (tertiary/aromatic N) is 1. The Hall–Kier alpha value is -1.35. The normalized spacial score (nSPS) is 16.1. The van der Waals surface area contributed by atoms with E-state index in [1.165, 1.54) is 11.1 Å². The van der Waals surface area contributed by atoms with Crippen molar-refractivity contribution in [2.24, 2.45) is 5.73 Å². The second-order valence-electron chi connectivity index (χ2n) is 5.43. The number of nitrogens with two attached hydrogens (primary N) is 1. The molecule has 1 heterocycles. The summed E-state index contributed by atoms with van der Waals surface area (Å²) in [6.07, 6.45) is 0.953. The summed E-state index contributed by atoms with van der Waals surface area (Å²) in [5, 5.41) is 0.756. The van der Waals surface area contributed by atoms with Crippen LogP contribution in [0.2, 0.25) is 5.02 Å². The molecule has 20 heavy (non-hydrogen) atoms. The highest BCUT2D eigenvalue weighted by Gasteiger charge is 2.18. The molecule has 0 amide bonds. The van der Waals surface area contributed by atoms with Crippen LogP contribution in [-0.2, 0) is 13.1 Å². The van der Waals surface area contributed by atoms with Crippen LogP contribution in [0.25, 0.3) is 0 Å². The van der Waals surface area contributed by atoms with Gasteiger partial charge in [0, 0.05) is 30.7 Å². The van der Waals surface area contributed by atoms with E-state index in [0.29, 0.717) is 0 Å². The first-order valence-electron chi connectivity index (χ1n) is 7.02. The maximum absolute atomic E-state index is 6.26. The van der Waals surface area contributed by atoms with E-state index in [1.807, 2.05) is 18.2 Å². The van der Waals surface area contributed by atoms with Gasteiger partial charge in [0.05, 0.1) is 0 Å². The second-order valence-corrected chi connectivity index (χ2v) is 5.87. The molecule has 0 radical (unpaired) electrons. The van der Waals surface area contributed by atoms with Crippen LogP contribution < -0.4 is 5.73 Å². The molecule has 1 atom stereocenters. The first-order valence-corrected chi connectivity index (χ1v) is 7.40. The molecular weight excluding hydrogens is 268 g/mol. The maximum atomic E-state index is 6.26. The van der Waals surface area contributed by atoms with Crippen LogP contribution in [0.5, 0.6) is 0 Å². The van der Waals surface area contributed by atoms with E-state index in [-0.39, 0.29) is 6.04 Å². The van der Waals surface area contributed by atoms with Crippen molar-refractivity contribution in [2.75, 3.05) is 6.54 Å². The van der Waals surface area contributed by atoms with Crippen LogP contribution in [0.3, 0.4) is 0 Å². The molecule has 104 valence electrons. The van der Waals surface area contributed by atoms with Crippen molar-refractivity contribution < 1.29 is 0 Å². The molecule has 0 aliphatic carbocycles. The third-order valence-electron chi connectivity index (χ3n) is 3.94. The molecule has 2 aromatic rings. The summed E-state index contributed by atoms with van der Waals surface area (Å²) >= 11 is 6.01. The Morgan fingerprint density at radius 2 is 1.75 bits per heavy atom. The lowest BCUT2D eigenvalue weighted by molar-refractivity contribution is 0.272. The molecule has 0 spiro atoms. The summed E-state index contributed by atoms with van der Waals surface area (Å²) in [5.41, 5.74) is 10.3. The molecule has 1 unspecified atom stereocenters. The predicted octanol–water partition coefficient (Wildman–Crippen LogP) is 3.75. The van der Waals surface area contributed by atoms with Crippen molar-refractivity contribution in [3.05, 3.63) is 70.2 Å². The minimum Gasteiger partial charge on any atom is -0.324 e. The first-order chi connectivity index (χ1) is 9.72. The topological polar surface area (TPSA) is 29.3 Å². The van der Waals surface area contributed by atoms with Crippen LogP contribution in [0.15, 0.2) is 48.5 Å². The van der Waals surface area contributed by atoms with E-state index in [4.69, 9.17) is 17.3 Å². The summed E-state index contributed by atoms with van der Waals surface area (Å²) < 4.78 is 0. The van der Waals surface area contributed by atoms with Gasteiger partial charge in [-0.05, 0) is 35.2 Å². The highest BCUT2D eigenvalue weighted by molar-refractivity contribution is 6.30. The fraction of sp³-hybridized carbons (Fsp3) is 0.294. The van der Waals surface area contributed by atoms with Crippen LogP contribution in [0, 0.1) is 0 Å². The smallest absolute Gasteiger partial charge is 0.0409 e. The van der Waals surface area contributed by atoms with E-state index in [9.17, 15) is 0 Å². The molecule has 0 saturated heterocycles. The van der Waals surface area contributed by atoms with Gasteiger partial charge in [-0.2, -0.15) is 0 Å². The second kappa shape index (κ2) is 5.96. The van der Waals surface area contributed by atoms with Gasteiger partial charge in [0.2, 0.25) is 0 Å². The molecule has 2 aromatic carbocycles. The lowest BCUT2D eigenvalue weighted by atomic mass is 10.0. The van der Waals surface area contributed by atoms with E-state index in [1.54, 1.807) is 0 Å². The van der Waals surface area contributed by atoms with Crippen LogP contribution >= 0.6 is 11.6 Å². The highest BCUT2D eigenvalue weighted by Crippen LogP contribution is 2.24. The quantitative estimate of drug-likeness (QED) is 0.927. The Kier molecular flexibility index (Phi) is 4.06. The Balaban J connectivity index is 1.56. The van der Waals surface area contributed by atoms with E-state index in [0.717, 1.165) is 36.6 Å². The molecular formula is C17H19ClN2. The van der Waals surface area contributed by atoms with E-state index in [2.05, 4.69) is 35.2 Å². The molecule has 1 aliphatic rings. The maximum Gasteiger partial charge on any atom is 0.0409 e. The largest absolute Gasteiger partial charge is 0.324 e. The minimum absolute atomic E-state index is 0.0532. The van der Waals surface area contributed by atoms with Crippen molar-refractivity contribution in [2.45, 2.75) is 25.6 Å². The molecule has 3 rings (SSSR count). The monoisotopic (exact) mass is 286 g/mol. The molecule has 0 fully saturated rings. The average molecular weight is 287 g/mol. The predicted molar refractivity (Wildman–Crippen MR) is 83.6 cm³/mol. The third-order valence-corrected chi connectivity index (χ3v) is 4.17. The lowest BCUT2D eigenvalue weighted by Gasteiger charge is -2.18. The van der Waals surface area contributed by atoms with E-state index < -0.39 is 0 Å². The summed E-state index contributed by atoms with van der Waals surface area (Å²) in [7, 11) is 0. The molecule has 2 nitrogen and oxygen atoms in total. The van der Waals surface area contributed by atoms with Crippen molar-refractivity contribution in [3.63, 3.8) is 0 Å². The molecule has 0 bridgehead atoms. The molecule has 0 aromatic heterocycles. The van der Waals surface area contributed by atoms with Crippen LogP contribution in [-0.4, -0.2) is 11.4 Å². The Morgan fingerprint density at radius 3 is 2.40 bits per heavy atom. The van der Waals surface area contributed by atoms with Gasteiger partial charge in [-0.1, -0.05) is 48.0 Å². The number of fused-ring (bicyclic) bond motifs is 1. The van der Waals surface area contributed by atoms with Gasteiger partial charge in [0.1, 0.15) is 0 Å². The number of halogens is 1. The summed E-state index contributed by atoms with van der Waals surface area (Å²) in [4.78, 5) is 2.45. The molecule has 1 aliphatic heterocycles. The third kappa shape index (κ3) is 3.04. The van der Waals surface area contributed by atoms with Crippen molar-refractivity contribution in [3.8, 4) is 0 Å². The summed E-state index contributed by atoms with van der Waals surface area (Å²) in [6.45, 7) is 3.10. The van der Waals surface area contributed by atoms with Crippen LogP contribution in [0.1, 0.15) is 29.2 Å². The fourth-order valence-corrected chi connectivity index (χ4v) is 2.99. The van der Waals surface area contributed by atoms with Crippen LogP contribution in [0.4, 0.5) is 0 Å². The Bertz CT molecular complexity index is 572. The zero-order valence-corrected chi connectivity index (χ0v) is 12.2. The average Bonchev–Trinajstić information content (AvgIpc) is 2.87. The molecule has 2 N–H and O–H groups in total. The van der Waals surface area contributed by atoms with Gasteiger partial charge in [0.25, 0.3) is 0 Å². The number of hydrogen-bond acceptors (Lipinski definition) is 2. The zero-order valence-electron chi connectivity index (χ0n) is 11.4. The Morgan fingerprint density at radius 1 is 1.05 bits per heavy atom. The van der Waals surface area contributed by atoms with Crippen molar-refractivity contribution in [1.29, 1.82) is 0 Å². The van der Waals surface area contributed by atoms with Gasteiger partial charge >= 0.3 is 0 Å². The minimum atomic E-state index is 0.0532. The SMILES string of the molecule is NC(CCN1Cc2ccccc2C1)c1cccc(Cl)c1. The van der Waals surface area contributed by atoms with Gasteiger partial charge < -0.3 is 5.73 Å².